The molecule has 0 saturated heterocycles. The molecule has 312 valence electrons. The molecule has 0 aromatic carbocycles. The Kier molecular flexibility index (Phi) is 50.8. The Morgan fingerprint density at radius 2 is 0.904 bits per heavy atom. The molecular weight excluding hydrogens is 863 g/mol. The minimum Gasteiger partial charge on any atom is -0.552 e. The summed E-state index contributed by atoms with van der Waals surface area (Å²) in [4.78, 5) is 2.73. The molecule has 0 aliphatic heterocycles. The van der Waals surface area contributed by atoms with E-state index in [1.165, 1.54) is 225 Å². The van der Waals surface area contributed by atoms with Crippen LogP contribution in [0.5, 0.6) is 0 Å². The van der Waals surface area contributed by atoms with Crippen LogP contribution in [0, 0.1) is 37.7 Å². The summed E-state index contributed by atoms with van der Waals surface area (Å²) in [5.41, 5.74) is 0. The van der Waals surface area contributed by atoms with E-state index in [2.05, 4.69) is 51.4 Å². The van der Waals surface area contributed by atoms with Crippen molar-refractivity contribution in [1.82, 2.24) is 10.2 Å². The van der Waals surface area contributed by atoms with Crippen molar-refractivity contribution in [3.8, 4) is 0 Å². The maximum atomic E-state index is 6.70. The molecule has 0 saturated carbocycles. The van der Waals surface area contributed by atoms with Crippen LogP contribution in [0.1, 0.15) is 247 Å². The Balaban J connectivity index is 0. The molecule has 0 radical (unpaired) electrons. The summed E-state index contributed by atoms with van der Waals surface area (Å²) in [6.45, 7) is 20.4. The molecule has 0 heterocycles. The third-order valence-corrected chi connectivity index (χ3v) is 10.9. The molecule has 0 aliphatic carbocycles. The summed E-state index contributed by atoms with van der Waals surface area (Å²) in [7, 11) is 0. The van der Waals surface area contributed by atoms with E-state index in [-0.39, 0.29) is 31.1 Å². The first-order valence-electron chi connectivity index (χ1n) is 23.7. The first kappa shape index (κ1) is 55.0. The molecule has 4 nitrogen and oxygen atoms in total. The molecular formula is C47H97N2O2U-. The third kappa shape index (κ3) is 43.6. The standard InChI is InChI=1S/C47H97N2O2.U/c1-6-10-13-16-20-28-35-44-50-45-36-29-21-19-26-33-41-49(43-40-48-9-4)42-34-27-22-23-30-37-46(5)51-47(38-31-24-17-14-11-7-2)39-32-25-18-15-12-8-3;/h45-48H,6-44H2,1-5H3;/q-1;. The van der Waals surface area contributed by atoms with Crippen LogP contribution in [0.4, 0.5) is 0 Å². The fourth-order valence-corrected chi connectivity index (χ4v) is 7.43. The van der Waals surface area contributed by atoms with Crippen LogP contribution >= 0.6 is 0 Å². The van der Waals surface area contributed by atoms with Gasteiger partial charge >= 0.3 is 0 Å². The van der Waals surface area contributed by atoms with Crippen LogP contribution < -0.4 is 5.32 Å². The molecule has 0 aliphatic rings. The Morgan fingerprint density at radius 3 is 1.40 bits per heavy atom. The zero-order valence-corrected chi connectivity index (χ0v) is 40.7. The van der Waals surface area contributed by atoms with E-state index < -0.39 is 0 Å². The van der Waals surface area contributed by atoms with Crippen molar-refractivity contribution in [2.24, 2.45) is 0 Å². The fraction of sp³-hybridized carbons (Fsp3) is 0.979. The van der Waals surface area contributed by atoms with Gasteiger partial charge in [0.25, 0.3) is 0 Å². The monoisotopic (exact) mass is 960 g/mol. The number of nitrogens with one attached hydrogen (secondary N) is 1. The first-order chi connectivity index (χ1) is 25.2. The maximum absolute atomic E-state index is 6.70. The van der Waals surface area contributed by atoms with E-state index in [1.807, 2.05) is 0 Å². The van der Waals surface area contributed by atoms with E-state index in [4.69, 9.17) is 9.47 Å². The second-order valence-corrected chi connectivity index (χ2v) is 16.1. The fourth-order valence-electron chi connectivity index (χ4n) is 7.43. The molecule has 0 amide bonds. The first-order valence-corrected chi connectivity index (χ1v) is 23.7. The quantitative estimate of drug-likeness (QED) is 0.0487. The van der Waals surface area contributed by atoms with Crippen LogP contribution in [0.2, 0.25) is 0 Å². The van der Waals surface area contributed by atoms with Gasteiger partial charge in [-0.3, -0.25) is 0 Å². The predicted molar refractivity (Wildman–Crippen MR) is 229 cm³/mol. The summed E-state index contributed by atoms with van der Waals surface area (Å²) in [6.07, 6.45) is 45.5. The van der Waals surface area contributed by atoms with Crippen molar-refractivity contribution >= 4 is 0 Å². The Hall–Kier alpha value is 0.892. The molecule has 0 spiro atoms. The summed E-state index contributed by atoms with van der Waals surface area (Å²) in [5.74, 6) is 0. The minimum absolute atomic E-state index is 0. The van der Waals surface area contributed by atoms with Gasteiger partial charge in [0.05, 0.1) is 12.2 Å². The molecule has 1 atom stereocenters. The van der Waals surface area contributed by atoms with Gasteiger partial charge in [-0.15, -0.1) is 0 Å². The summed E-state index contributed by atoms with van der Waals surface area (Å²) < 4.78 is 12.5. The van der Waals surface area contributed by atoms with Gasteiger partial charge in [0.1, 0.15) is 0 Å². The average Bonchev–Trinajstić information content (AvgIpc) is 3.13. The molecule has 0 bridgehead atoms. The number of rotatable bonds is 45. The van der Waals surface area contributed by atoms with Crippen molar-refractivity contribution < 1.29 is 40.6 Å². The van der Waals surface area contributed by atoms with Gasteiger partial charge in [0, 0.05) is 50.8 Å². The van der Waals surface area contributed by atoms with Crippen molar-refractivity contribution in [1.29, 1.82) is 0 Å². The van der Waals surface area contributed by atoms with Gasteiger partial charge < -0.3 is 19.7 Å². The van der Waals surface area contributed by atoms with E-state index in [0.717, 1.165) is 26.1 Å². The van der Waals surface area contributed by atoms with Crippen LogP contribution in [-0.4, -0.2) is 56.4 Å². The molecule has 5 heteroatoms. The van der Waals surface area contributed by atoms with Crippen molar-refractivity contribution in [2.45, 2.75) is 259 Å². The molecule has 0 aromatic heterocycles. The normalized spacial score (nSPS) is 12.3. The van der Waals surface area contributed by atoms with E-state index in [0.29, 0.717) is 12.2 Å². The molecule has 1 N–H and O–H groups in total. The van der Waals surface area contributed by atoms with Crippen molar-refractivity contribution in [2.75, 3.05) is 39.3 Å². The predicted octanol–water partition coefficient (Wildman–Crippen LogP) is 14.8. The van der Waals surface area contributed by atoms with Gasteiger partial charge in [0.15, 0.2) is 0 Å². The van der Waals surface area contributed by atoms with Crippen LogP contribution in [0.15, 0.2) is 0 Å². The topological polar surface area (TPSA) is 33.7 Å². The maximum Gasteiger partial charge on any atom is 0.0578 e. The molecule has 52 heavy (non-hydrogen) atoms. The van der Waals surface area contributed by atoms with Crippen molar-refractivity contribution in [3.63, 3.8) is 0 Å². The Morgan fingerprint density at radius 1 is 0.481 bits per heavy atom. The minimum atomic E-state index is 0. The van der Waals surface area contributed by atoms with E-state index >= 15 is 0 Å². The van der Waals surface area contributed by atoms with Crippen LogP contribution in [-0.2, 0) is 9.47 Å². The number of hydrogen-bond acceptors (Lipinski definition) is 4. The van der Waals surface area contributed by atoms with Gasteiger partial charge in [-0.25, -0.2) is 6.61 Å². The zero-order valence-electron chi connectivity index (χ0n) is 36.6. The van der Waals surface area contributed by atoms with Gasteiger partial charge in [-0.05, 0) is 65.1 Å². The number of hydrogen-bond donors (Lipinski definition) is 1. The van der Waals surface area contributed by atoms with Crippen molar-refractivity contribution in [3.05, 3.63) is 6.61 Å². The summed E-state index contributed by atoms with van der Waals surface area (Å²) in [6, 6.07) is 0. The molecule has 0 rings (SSSR count). The largest absolute Gasteiger partial charge is 0.552 e. The van der Waals surface area contributed by atoms with E-state index in [9.17, 15) is 0 Å². The number of unbranched alkanes of at least 4 members (excludes halogenated alkanes) is 25. The van der Waals surface area contributed by atoms with Gasteiger partial charge in [-0.2, -0.15) is 6.42 Å². The zero-order chi connectivity index (χ0) is 37.1. The SMILES string of the molecule is CCCCCCCCCO[CH-]CCCCCCCN(CCCCCCCC(C)OC(CCCCCCCC)CCCCCCCC)CCNCC.[U]. The average molecular weight is 960 g/mol. The summed E-state index contributed by atoms with van der Waals surface area (Å²) in [5, 5.41) is 3.55. The van der Waals surface area contributed by atoms with E-state index in [1.54, 1.807) is 0 Å². The smallest absolute Gasteiger partial charge is 0.0578 e. The second kappa shape index (κ2) is 48.0. The van der Waals surface area contributed by atoms with Gasteiger partial charge in [-0.1, -0.05) is 195 Å². The third-order valence-electron chi connectivity index (χ3n) is 10.9. The Bertz CT molecular complexity index is 608. The summed E-state index contributed by atoms with van der Waals surface area (Å²) >= 11 is 0. The number of nitrogens with zero attached hydrogens (tertiary/aromatic N) is 1. The molecule has 0 fully saturated rings. The van der Waals surface area contributed by atoms with Crippen LogP contribution in [0.3, 0.4) is 0 Å². The van der Waals surface area contributed by atoms with Gasteiger partial charge in [0.2, 0.25) is 0 Å². The molecule has 1 unspecified atom stereocenters. The number of ether oxygens (including phenoxy) is 2. The Labute approximate surface area is 353 Å². The molecule has 0 aromatic rings. The second-order valence-electron chi connectivity index (χ2n) is 16.1. The number of likely N-dealkylation sites (N-methyl/N-ethyl adjacent to an activating group) is 1. The van der Waals surface area contributed by atoms with Crippen LogP contribution in [0.25, 0.3) is 0 Å².